The molecule has 0 spiro atoms. The van der Waals surface area contributed by atoms with Crippen molar-refractivity contribution in [2.45, 2.75) is 13.0 Å². The van der Waals surface area contributed by atoms with E-state index in [1.807, 2.05) is 43.6 Å². The lowest BCUT2D eigenvalue weighted by Gasteiger charge is -2.19. The second kappa shape index (κ2) is 5.62. The predicted octanol–water partition coefficient (Wildman–Crippen LogP) is 3.99. The number of fused-ring (bicyclic) bond motifs is 1. The van der Waals surface area contributed by atoms with Crippen LogP contribution in [0.4, 0.5) is 4.39 Å². The summed E-state index contributed by atoms with van der Waals surface area (Å²) in [5.74, 6) is -0.172. The molecule has 0 bridgehead atoms. The van der Waals surface area contributed by atoms with E-state index >= 15 is 0 Å². The Hall–Kier alpha value is -2.26. The molecule has 2 aromatic carbocycles. The molecule has 0 aliphatic heterocycles. The first-order chi connectivity index (χ1) is 10.2. The van der Waals surface area contributed by atoms with E-state index in [0.717, 1.165) is 21.9 Å². The van der Waals surface area contributed by atoms with Crippen molar-refractivity contribution in [3.63, 3.8) is 0 Å². The van der Waals surface area contributed by atoms with Crippen LogP contribution in [0, 0.1) is 12.7 Å². The van der Waals surface area contributed by atoms with Crippen molar-refractivity contribution in [3.8, 4) is 0 Å². The van der Waals surface area contributed by atoms with Crippen molar-refractivity contribution >= 4 is 10.8 Å². The third-order valence-corrected chi connectivity index (χ3v) is 3.84. The van der Waals surface area contributed by atoms with Gasteiger partial charge in [-0.15, -0.1) is 0 Å². The number of nitrogens with zero attached hydrogens (tertiary/aromatic N) is 1. The lowest BCUT2D eigenvalue weighted by Crippen LogP contribution is -2.18. The smallest absolute Gasteiger partial charge is 0.126 e. The van der Waals surface area contributed by atoms with Crippen LogP contribution in [0.2, 0.25) is 0 Å². The second-order valence-corrected chi connectivity index (χ2v) is 5.17. The highest BCUT2D eigenvalue weighted by Crippen LogP contribution is 2.29. The Morgan fingerprint density at radius 3 is 2.76 bits per heavy atom. The van der Waals surface area contributed by atoms with Gasteiger partial charge in [0.05, 0.1) is 6.04 Å². The van der Waals surface area contributed by atoms with E-state index in [0.29, 0.717) is 5.56 Å². The molecule has 21 heavy (non-hydrogen) atoms. The summed E-state index contributed by atoms with van der Waals surface area (Å²) in [7, 11) is 1.89. The minimum Gasteiger partial charge on any atom is -0.309 e. The van der Waals surface area contributed by atoms with Gasteiger partial charge in [-0.2, -0.15) is 0 Å². The maximum Gasteiger partial charge on any atom is 0.126 e. The van der Waals surface area contributed by atoms with Gasteiger partial charge in [0.15, 0.2) is 0 Å². The van der Waals surface area contributed by atoms with Crippen LogP contribution in [0.3, 0.4) is 0 Å². The molecule has 0 saturated carbocycles. The van der Waals surface area contributed by atoms with Crippen molar-refractivity contribution in [3.05, 3.63) is 77.4 Å². The molecule has 1 atom stereocenters. The Kier molecular flexibility index (Phi) is 3.67. The van der Waals surface area contributed by atoms with Gasteiger partial charge in [0.1, 0.15) is 5.82 Å². The molecular formula is C18H17FN2. The zero-order chi connectivity index (χ0) is 14.8. The van der Waals surface area contributed by atoms with Gasteiger partial charge in [-0.3, -0.25) is 4.98 Å². The summed E-state index contributed by atoms with van der Waals surface area (Å²) in [6.07, 6.45) is 3.63. The standard InChI is InChI=1S/C18H17FN2/c1-12-6-7-13(10-17(12)19)18(20-2)16-5-3-4-14-11-21-9-8-15(14)16/h3-11,18,20H,1-2H3. The monoisotopic (exact) mass is 280 g/mol. The highest BCUT2D eigenvalue weighted by molar-refractivity contribution is 5.85. The summed E-state index contributed by atoms with van der Waals surface area (Å²) in [6, 6.07) is 13.5. The molecule has 3 rings (SSSR count). The summed E-state index contributed by atoms with van der Waals surface area (Å²) in [5.41, 5.74) is 2.71. The van der Waals surface area contributed by atoms with Gasteiger partial charge in [-0.1, -0.05) is 30.3 Å². The maximum atomic E-state index is 13.9. The van der Waals surface area contributed by atoms with Gasteiger partial charge < -0.3 is 5.32 Å². The van der Waals surface area contributed by atoms with E-state index in [4.69, 9.17) is 0 Å². The van der Waals surface area contributed by atoms with Gasteiger partial charge in [-0.25, -0.2) is 4.39 Å². The highest BCUT2D eigenvalue weighted by atomic mass is 19.1. The normalized spacial score (nSPS) is 12.5. The molecule has 0 aliphatic carbocycles. The van der Waals surface area contributed by atoms with Crippen LogP contribution in [0.1, 0.15) is 22.7 Å². The Morgan fingerprint density at radius 2 is 2.00 bits per heavy atom. The molecule has 106 valence electrons. The summed E-state index contributed by atoms with van der Waals surface area (Å²) >= 11 is 0. The summed E-state index contributed by atoms with van der Waals surface area (Å²) in [6.45, 7) is 1.77. The molecule has 1 aromatic heterocycles. The lowest BCUT2D eigenvalue weighted by molar-refractivity contribution is 0.608. The molecule has 3 heteroatoms. The molecule has 1 unspecified atom stereocenters. The predicted molar refractivity (Wildman–Crippen MR) is 83.8 cm³/mol. The molecule has 2 nitrogen and oxygen atoms in total. The SMILES string of the molecule is CNC(c1ccc(C)c(F)c1)c1cccc2cnccc12. The van der Waals surface area contributed by atoms with Crippen molar-refractivity contribution in [2.75, 3.05) is 7.05 Å². The summed E-state index contributed by atoms with van der Waals surface area (Å²) < 4.78 is 13.9. The Bertz CT molecular complexity index is 778. The Labute approximate surface area is 123 Å². The third-order valence-electron chi connectivity index (χ3n) is 3.84. The Morgan fingerprint density at radius 1 is 1.14 bits per heavy atom. The van der Waals surface area contributed by atoms with E-state index < -0.39 is 0 Å². The van der Waals surface area contributed by atoms with E-state index in [1.54, 1.807) is 19.2 Å². The van der Waals surface area contributed by atoms with E-state index in [9.17, 15) is 4.39 Å². The van der Waals surface area contributed by atoms with Crippen LogP contribution in [-0.4, -0.2) is 12.0 Å². The third kappa shape index (κ3) is 2.52. The number of pyridine rings is 1. The fourth-order valence-corrected chi connectivity index (χ4v) is 2.69. The van der Waals surface area contributed by atoms with Crippen molar-refractivity contribution in [1.29, 1.82) is 0 Å². The van der Waals surface area contributed by atoms with E-state index in [-0.39, 0.29) is 11.9 Å². The number of aryl methyl sites for hydroxylation is 1. The van der Waals surface area contributed by atoms with Crippen LogP contribution in [0.5, 0.6) is 0 Å². The molecule has 0 radical (unpaired) electrons. The van der Waals surface area contributed by atoms with Crippen LogP contribution in [0.25, 0.3) is 10.8 Å². The first-order valence-electron chi connectivity index (χ1n) is 6.96. The fourth-order valence-electron chi connectivity index (χ4n) is 2.69. The minimum atomic E-state index is -0.172. The van der Waals surface area contributed by atoms with Crippen molar-refractivity contribution in [2.24, 2.45) is 0 Å². The molecule has 3 aromatic rings. The summed E-state index contributed by atoms with van der Waals surface area (Å²) in [5, 5.41) is 5.50. The van der Waals surface area contributed by atoms with E-state index in [1.165, 1.54) is 0 Å². The second-order valence-electron chi connectivity index (χ2n) is 5.17. The van der Waals surface area contributed by atoms with Gasteiger partial charge in [0, 0.05) is 17.8 Å². The summed E-state index contributed by atoms with van der Waals surface area (Å²) in [4.78, 5) is 4.16. The average Bonchev–Trinajstić information content (AvgIpc) is 2.52. The molecule has 0 aliphatic rings. The zero-order valence-electron chi connectivity index (χ0n) is 12.1. The largest absolute Gasteiger partial charge is 0.309 e. The van der Waals surface area contributed by atoms with E-state index in [2.05, 4.69) is 16.4 Å². The van der Waals surface area contributed by atoms with Gasteiger partial charge in [0.25, 0.3) is 0 Å². The molecular weight excluding hydrogens is 263 g/mol. The number of rotatable bonds is 3. The molecule has 1 heterocycles. The number of aromatic nitrogens is 1. The minimum absolute atomic E-state index is 0.0498. The number of hydrogen-bond acceptors (Lipinski definition) is 2. The number of hydrogen-bond donors (Lipinski definition) is 1. The zero-order valence-corrected chi connectivity index (χ0v) is 12.1. The molecule has 0 amide bonds. The number of halogens is 1. The topological polar surface area (TPSA) is 24.9 Å². The first kappa shape index (κ1) is 13.7. The van der Waals surface area contributed by atoms with Gasteiger partial charge in [0.2, 0.25) is 0 Å². The van der Waals surface area contributed by atoms with Crippen molar-refractivity contribution in [1.82, 2.24) is 10.3 Å². The van der Waals surface area contributed by atoms with Crippen LogP contribution >= 0.6 is 0 Å². The molecule has 1 N–H and O–H groups in total. The van der Waals surface area contributed by atoms with Crippen LogP contribution < -0.4 is 5.32 Å². The van der Waals surface area contributed by atoms with Crippen LogP contribution in [-0.2, 0) is 0 Å². The first-order valence-corrected chi connectivity index (χ1v) is 6.96. The molecule has 0 saturated heterocycles. The number of benzene rings is 2. The number of nitrogens with one attached hydrogen (secondary N) is 1. The average molecular weight is 280 g/mol. The van der Waals surface area contributed by atoms with Crippen molar-refractivity contribution < 1.29 is 4.39 Å². The maximum absolute atomic E-state index is 13.9. The lowest BCUT2D eigenvalue weighted by atomic mass is 9.94. The Balaban J connectivity index is 2.16. The molecule has 0 fully saturated rings. The van der Waals surface area contributed by atoms with Gasteiger partial charge in [-0.05, 0) is 48.2 Å². The van der Waals surface area contributed by atoms with Crippen LogP contribution in [0.15, 0.2) is 54.9 Å². The fraction of sp³-hybridized carbons (Fsp3) is 0.167. The highest BCUT2D eigenvalue weighted by Gasteiger charge is 2.15. The quantitative estimate of drug-likeness (QED) is 0.784. The van der Waals surface area contributed by atoms with Gasteiger partial charge >= 0.3 is 0 Å².